The molecule has 0 radical (unpaired) electrons. The molecule has 4 aromatic rings. The van der Waals surface area contributed by atoms with Gasteiger partial charge in [0.1, 0.15) is 10.6 Å². The molecule has 160 valence electrons. The van der Waals surface area contributed by atoms with Crippen LogP contribution in [0.5, 0.6) is 5.75 Å². The number of thiophene rings is 1. The van der Waals surface area contributed by atoms with Gasteiger partial charge in [-0.1, -0.05) is 65.1 Å². The fourth-order valence-electron chi connectivity index (χ4n) is 2.87. The maximum Gasteiger partial charge on any atom is 0.355 e. The molecule has 1 aromatic heterocycles. The van der Waals surface area contributed by atoms with E-state index in [-0.39, 0.29) is 16.3 Å². The second-order valence-electron chi connectivity index (χ2n) is 6.49. The molecule has 32 heavy (non-hydrogen) atoms. The van der Waals surface area contributed by atoms with Crippen molar-refractivity contribution in [1.29, 1.82) is 0 Å². The maximum atomic E-state index is 12.8. The zero-order valence-corrected chi connectivity index (χ0v) is 19.2. The number of carbonyl (C=O) groups is 2. The molecule has 0 saturated carbocycles. The molecule has 1 heterocycles. The van der Waals surface area contributed by atoms with Crippen LogP contribution in [0.15, 0.2) is 71.8 Å². The van der Waals surface area contributed by atoms with Gasteiger partial charge in [0.2, 0.25) is 0 Å². The molecule has 0 spiro atoms. The van der Waals surface area contributed by atoms with Gasteiger partial charge in [-0.05, 0) is 36.4 Å². The van der Waals surface area contributed by atoms with E-state index in [0.29, 0.717) is 20.5 Å². The molecule has 0 unspecified atom stereocenters. The topological polar surface area (TPSA) is 67.8 Å². The summed E-state index contributed by atoms with van der Waals surface area (Å²) in [5, 5.41) is 5.72. The third-order valence-corrected chi connectivity index (χ3v) is 6.59. The van der Waals surface area contributed by atoms with E-state index in [1.165, 1.54) is 29.7 Å². The molecule has 0 aliphatic heterocycles. The minimum Gasteiger partial charge on any atom is -0.422 e. The lowest BCUT2D eigenvalue weighted by Crippen LogP contribution is -2.18. The van der Waals surface area contributed by atoms with Gasteiger partial charge in [-0.2, -0.15) is 5.10 Å². The normalized spacial score (nSPS) is 11.1. The first-order valence-electron chi connectivity index (χ1n) is 9.20. The largest absolute Gasteiger partial charge is 0.422 e. The predicted octanol–water partition coefficient (Wildman–Crippen LogP) is 6.84. The van der Waals surface area contributed by atoms with Crippen molar-refractivity contribution >= 4 is 74.3 Å². The second-order valence-corrected chi connectivity index (χ2v) is 8.77. The second kappa shape index (κ2) is 9.71. The Kier molecular flexibility index (Phi) is 6.77. The molecule has 3 aromatic carbocycles. The molecule has 0 fully saturated rings. The number of hydrogen-bond acceptors (Lipinski definition) is 5. The van der Waals surface area contributed by atoms with E-state index >= 15 is 0 Å². The molecule has 4 rings (SSSR count). The zero-order valence-electron chi connectivity index (χ0n) is 16.1. The van der Waals surface area contributed by atoms with Gasteiger partial charge in [-0.3, -0.25) is 4.79 Å². The maximum absolute atomic E-state index is 12.8. The molecule has 1 amide bonds. The van der Waals surface area contributed by atoms with Gasteiger partial charge in [-0.25, -0.2) is 10.2 Å². The molecule has 0 atom stereocenters. The molecule has 0 aliphatic carbocycles. The number of carbonyl (C=O) groups excluding carboxylic acids is 2. The molecule has 0 saturated heterocycles. The lowest BCUT2D eigenvalue weighted by atomic mass is 10.2. The Morgan fingerprint density at radius 1 is 0.969 bits per heavy atom. The number of benzene rings is 3. The summed E-state index contributed by atoms with van der Waals surface area (Å²) in [7, 11) is 0. The van der Waals surface area contributed by atoms with Gasteiger partial charge in [0.15, 0.2) is 0 Å². The fraction of sp³-hybridized carbons (Fsp3) is 0. The first-order valence-corrected chi connectivity index (χ1v) is 11.2. The summed E-state index contributed by atoms with van der Waals surface area (Å²) in [4.78, 5) is 25.3. The third kappa shape index (κ3) is 4.79. The lowest BCUT2D eigenvalue weighted by Gasteiger charge is -2.07. The Labute approximate surface area is 202 Å². The summed E-state index contributed by atoms with van der Waals surface area (Å²) in [5.41, 5.74) is 3.11. The highest BCUT2D eigenvalue weighted by Crippen LogP contribution is 2.36. The molecular weight excluding hydrogens is 491 g/mol. The summed E-state index contributed by atoms with van der Waals surface area (Å²) < 4.78 is 6.46. The molecule has 5 nitrogen and oxygen atoms in total. The van der Waals surface area contributed by atoms with Gasteiger partial charge in [-0.15, -0.1) is 11.3 Å². The van der Waals surface area contributed by atoms with E-state index in [1.54, 1.807) is 30.3 Å². The number of fused-ring (bicyclic) bond motifs is 1. The molecule has 0 bridgehead atoms. The van der Waals surface area contributed by atoms with Gasteiger partial charge in [0.25, 0.3) is 5.91 Å². The van der Waals surface area contributed by atoms with Crippen LogP contribution in [-0.4, -0.2) is 18.1 Å². The molecular formula is C23H13Cl3N2O3S. The smallest absolute Gasteiger partial charge is 0.355 e. The van der Waals surface area contributed by atoms with Crippen molar-refractivity contribution in [3.05, 3.63) is 97.8 Å². The van der Waals surface area contributed by atoms with E-state index in [9.17, 15) is 9.59 Å². The van der Waals surface area contributed by atoms with Crippen molar-refractivity contribution in [2.75, 3.05) is 0 Å². The van der Waals surface area contributed by atoms with E-state index in [2.05, 4.69) is 10.5 Å². The number of amides is 1. The zero-order chi connectivity index (χ0) is 22.7. The van der Waals surface area contributed by atoms with E-state index in [0.717, 1.165) is 10.1 Å². The number of ether oxygens (including phenoxy) is 1. The summed E-state index contributed by atoms with van der Waals surface area (Å²) in [6, 6.07) is 18.8. The lowest BCUT2D eigenvalue weighted by molar-refractivity contribution is 0.0739. The number of para-hydroxylation sites is 1. The highest BCUT2D eigenvalue weighted by Gasteiger charge is 2.19. The summed E-state index contributed by atoms with van der Waals surface area (Å²) >= 11 is 19.5. The summed E-state index contributed by atoms with van der Waals surface area (Å²) in [5.74, 6) is -0.808. The van der Waals surface area contributed by atoms with Crippen LogP contribution in [-0.2, 0) is 0 Å². The van der Waals surface area contributed by atoms with Gasteiger partial charge < -0.3 is 4.74 Å². The number of nitrogens with one attached hydrogen (secondary N) is 1. The Balaban J connectivity index is 1.50. The fourth-order valence-corrected chi connectivity index (χ4v) is 4.75. The third-order valence-electron chi connectivity index (χ3n) is 4.39. The van der Waals surface area contributed by atoms with Crippen LogP contribution < -0.4 is 10.2 Å². The minimum absolute atomic E-state index is 0.208. The van der Waals surface area contributed by atoms with E-state index in [4.69, 9.17) is 39.5 Å². The molecule has 9 heteroatoms. The highest BCUT2D eigenvalue weighted by atomic mass is 35.5. The quantitative estimate of drug-likeness (QED) is 0.140. The van der Waals surface area contributed by atoms with Crippen LogP contribution >= 0.6 is 46.1 Å². The number of nitrogens with zero attached hydrogens (tertiary/aromatic N) is 1. The van der Waals surface area contributed by atoms with Gasteiger partial charge in [0.05, 0.1) is 21.8 Å². The standard InChI is InChI=1S/C23H13Cl3N2O3S/c24-14-9-10-15(17(25)11-14)22(29)28-27-12-13-5-1-3-7-18(13)31-23(30)21-20(26)16-6-2-4-8-19(16)32-21/h1-12H,(H,28,29)/b27-12-. The van der Waals surface area contributed by atoms with Crippen molar-refractivity contribution in [1.82, 2.24) is 5.43 Å². The number of esters is 1. The van der Waals surface area contributed by atoms with E-state index < -0.39 is 11.9 Å². The Morgan fingerprint density at radius 2 is 1.72 bits per heavy atom. The van der Waals surface area contributed by atoms with Crippen molar-refractivity contribution in [3.8, 4) is 5.75 Å². The monoisotopic (exact) mass is 502 g/mol. The summed E-state index contributed by atoms with van der Waals surface area (Å²) in [6.07, 6.45) is 1.37. The summed E-state index contributed by atoms with van der Waals surface area (Å²) in [6.45, 7) is 0. The number of rotatable bonds is 5. The first-order chi connectivity index (χ1) is 15.4. The highest BCUT2D eigenvalue weighted by molar-refractivity contribution is 7.21. The average Bonchev–Trinajstić information content (AvgIpc) is 3.11. The number of halogens is 3. The Hall–Kier alpha value is -2.90. The SMILES string of the molecule is O=C(N/N=C\c1ccccc1OC(=O)c1sc2ccccc2c1Cl)c1ccc(Cl)cc1Cl. The predicted molar refractivity (Wildman–Crippen MR) is 130 cm³/mol. The minimum atomic E-state index is -0.575. The van der Waals surface area contributed by atoms with Crippen molar-refractivity contribution in [2.45, 2.75) is 0 Å². The van der Waals surface area contributed by atoms with Crippen LogP contribution in [0, 0.1) is 0 Å². The molecule has 1 N–H and O–H groups in total. The van der Waals surface area contributed by atoms with Crippen molar-refractivity contribution in [2.24, 2.45) is 5.10 Å². The van der Waals surface area contributed by atoms with E-state index in [1.807, 2.05) is 24.3 Å². The number of hydrazone groups is 1. The molecule has 0 aliphatic rings. The number of hydrogen-bond donors (Lipinski definition) is 1. The Bertz CT molecular complexity index is 1370. The van der Waals surface area contributed by atoms with Crippen LogP contribution in [0.3, 0.4) is 0 Å². The van der Waals surface area contributed by atoms with Crippen molar-refractivity contribution < 1.29 is 14.3 Å². The first kappa shape index (κ1) is 22.3. The Morgan fingerprint density at radius 3 is 2.50 bits per heavy atom. The average molecular weight is 504 g/mol. The van der Waals surface area contributed by atoms with Gasteiger partial charge >= 0.3 is 5.97 Å². The van der Waals surface area contributed by atoms with Crippen molar-refractivity contribution in [3.63, 3.8) is 0 Å². The van der Waals surface area contributed by atoms with Crippen LogP contribution in [0.4, 0.5) is 0 Å². The van der Waals surface area contributed by atoms with Crippen LogP contribution in [0.25, 0.3) is 10.1 Å². The van der Waals surface area contributed by atoms with Gasteiger partial charge in [0, 0.05) is 20.7 Å². The van der Waals surface area contributed by atoms with Crippen LogP contribution in [0.1, 0.15) is 25.6 Å². The van der Waals surface area contributed by atoms with Crippen LogP contribution in [0.2, 0.25) is 15.1 Å².